The van der Waals surface area contributed by atoms with Crippen LogP contribution in [0.2, 0.25) is 0 Å². The number of unbranched alkanes of at least 4 members (excludes halogenated alkanes) is 11. The minimum Gasteiger partial charge on any atom is -0.481 e. The van der Waals surface area contributed by atoms with Gasteiger partial charge in [0.15, 0.2) is 0 Å². The first-order chi connectivity index (χ1) is 17.1. The number of carboxylic acids is 4. The predicted molar refractivity (Wildman–Crippen MR) is 141 cm³/mol. The van der Waals surface area contributed by atoms with E-state index in [4.69, 9.17) is 15.3 Å². The normalized spacial score (nSPS) is 10.9. The Balaban J connectivity index is 0. The number of carboxylic acid groups (broad SMARTS) is 4. The second-order valence-corrected chi connectivity index (χ2v) is 9.86. The van der Waals surface area contributed by atoms with Crippen molar-refractivity contribution in [2.45, 2.75) is 149 Å². The number of hydrogen-bond donors (Lipinski definition) is 4. The molecule has 0 spiro atoms. The van der Waals surface area contributed by atoms with Crippen molar-refractivity contribution in [2.75, 3.05) is 0 Å². The van der Waals surface area contributed by atoms with Crippen molar-refractivity contribution >= 4 is 23.9 Å². The molecule has 0 aliphatic rings. The maximum absolute atomic E-state index is 12.1. The van der Waals surface area contributed by atoms with E-state index in [2.05, 4.69) is 13.8 Å². The molecule has 0 aromatic heterocycles. The molecule has 0 fully saturated rings. The number of rotatable bonds is 24. The van der Waals surface area contributed by atoms with E-state index in [-0.39, 0.29) is 19.3 Å². The van der Waals surface area contributed by atoms with Gasteiger partial charge >= 0.3 is 23.9 Å². The summed E-state index contributed by atoms with van der Waals surface area (Å²) >= 11 is 0. The second kappa shape index (κ2) is 24.6. The van der Waals surface area contributed by atoms with E-state index in [1.807, 2.05) is 0 Å². The largest absolute Gasteiger partial charge is 0.481 e. The maximum atomic E-state index is 12.1. The molecule has 0 aromatic rings. The highest BCUT2D eigenvalue weighted by atomic mass is 16.4. The van der Waals surface area contributed by atoms with Crippen LogP contribution in [0.1, 0.15) is 149 Å². The molecule has 0 aromatic carbocycles. The zero-order chi connectivity index (χ0) is 27.7. The first-order valence-electron chi connectivity index (χ1n) is 14.0. The van der Waals surface area contributed by atoms with Crippen molar-refractivity contribution < 1.29 is 39.6 Å². The molecular formula is C28H52O8. The van der Waals surface area contributed by atoms with Crippen LogP contribution in [0.3, 0.4) is 0 Å². The molecule has 8 nitrogen and oxygen atoms in total. The van der Waals surface area contributed by atoms with Gasteiger partial charge in [-0.1, -0.05) is 90.9 Å². The lowest BCUT2D eigenvalue weighted by molar-refractivity contribution is -0.151. The summed E-state index contributed by atoms with van der Waals surface area (Å²) < 4.78 is 0. The zero-order valence-electron chi connectivity index (χ0n) is 22.8. The molecule has 8 heteroatoms. The van der Waals surface area contributed by atoms with Crippen LogP contribution in [0.4, 0.5) is 0 Å². The highest BCUT2D eigenvalue weighted by Crippen LogP contribution is 2.37. The minimum atomic E-state index is -0.870. The van der Waals surface area contributed by atoms with Crippen molar-refractivity contribution in [2.24, 2.45) is 5.41 Å². The van der Waals surface area contributed by atoms with E-state index in [9.17, 15) is 24.3 Å². The molecule has 0 amide bonds. The lowest BCUT2D eigenvalue weighted by Gasteiger charge is -2.30. The number of hydrogen-bond acceptors (Lipinski definition) is 4. The van der Waals surface area contributed by atoms with Crippen LogP contribution < -0.4 is 0 Å². The topological polar surface area (TPSA) is 149 Å². The molecule has 0 rings (SSSR count). The quantitative estimate of drug-likeness (QED) is 0.0961. The van der Waals surface area contributed by atoms with Gasteiger partial charge in [0.1, 0.15) is 0 Å². The third kappa shape index (κ3) is 23.6. The standard InChI is InChI=1S/C22H42O4.C6H10O4/c1-3-5-7-9-11-13-17-22(21(25)26,19-15-16-20(23)24)18-14-12-10-8-6-4-2;7-5(8)3-1-2-4-6(9)10/h3-19H2,1-2H3,(H,23,24)(H,25,26);1-4H2,(H,7,8)(H,9,10). The Kier molecular flexibility index (Phi) is 24.6. The average Bonchev–Trinajstić information content (AvgIpc) is 2.80. The van der Waals surface area contributed by atoms with Gasteiger partial charge < -0.3 is 20.4 Å². The zero-order valence-corrected chi connectivity index (χ0v) is 22.8. The summed E-state index contributed by atoms with van der Waals surface area (Å²) in [5.41, 5.74) is -0.717. The van der Waals surface area contributed by atoms with Crippen LogP contribution in [0.5, 0.6) is 0 Å². The Hall–Kier alpha value is -2.12. The van der Waals surface area contributed by atoms with Gasteiger partial charge in [0, 0.05) is 19.3 Å². The van der Waals surface area contributed by atoms with Crippen LogP contribution in [-0.2, 0) is 19.2 Å². The predicted octanol–water partition coefficient (Wildman–Crippen LogP) is 7.53. The van der Waals surface area contributed by atoms with Crippen LogP contribution >= 0.6 is 0 Å². The van der Waals surface area contributed by atoms with Gasteiger partial charge in [0.25, 0.3) is 0 Å². The van der Waals surface area contributed by atoms with Crippen molar-refractivity contribution in [1.82, 2.24) is 0 Å². The van der Waals surface area contributed by atoms with Crippen molar-refractivity contribution in [1.29, 1.82) is 0 Å². The Morgan fingerprint density at radius 1 is 0.444 bits per heavy atom. The molecular weight excluding hydrogens is 464 g/mol. The molecule has 0 atom stereocenters. The van der Waals surface area contributed by atoms with Gasteiger partial charge in [0.2, 0.25) is 0 Å². The van der Waals surface area contributed by atoms with Crippen LogP contribution in [0.25, 0.3) is 0 Å². The van der Waals surface area contributed by atoms with Gasteiger partial charge in [-0.05, 0) is 38.5 Å². The Morgan fingerprint density at radius 3 is 1.08 bits per heavy atom. The number of aliphatic carboxylic acids is 4. The molecule has 0 saturated heterocycles. The van der Waals surface area contributed by atoms with Gasteiger partial charge in [-0.3, -0.25) is 19.2 Å². The summed E-state index contributed by atoms with van der Waals surface area (Å²) in [7, 11) is 0. The molecule has 0 heterocycles. The van der Waals surface area contributed by atoms with E-state index < -0.39 is 29.3 Å². The summed E-state index contributed by atoms with van der Waals surface area (Å²) in [4.78, 5) is 42.7. The lowest BCUT2D eigenvalue weighted by Crippen LogP contribution is -2.31. The highest BCUT2D eigenvalue weighted by molar-refractivity contribution is 5.74. The third-order valence-corrected chi connectivity index (χ3v) is 6.55. The van der Waals surface area contributed by atoms with E-state index >= 15 is 0 Å². The fraction of sp³-hybridized carbons (Fsp3) is 0.857. The average molecular weight is 517 g/mol. The molecule has 36 heavy (non-hydrogen) atoms. The van der Waals surface area contributed by atoms with E-state index in [1.165, 1.54) is 51.4 Å². The van der Waals surface area contributed by atoms with E-state index in [1.54, 1.807) is 0 Å². The monoisotopic (exact) mass is 516 g/mol. The summed E-state index contributed by atoms with van der Waals surface area (Å²) in [6.45, 7) is 4.39. The first kappa shape index (κ1) is 36.0. The summed E-state index contributed by atoms with van der Waals surface area (Å²) in [6.07, 6.45) is 17.3. The summed E-state index contributed by atoms with van der Waals surface area (Å²) in [5.74, 6) is -3.29. The SMILES string of the molecule is CCCCCCCCC(CCCCCCCC)(CCCC(=O)O)C(=O)O.O=C(O)CCCCC(=O)O. The Morgan fingerprint density at radius 2 is 0.750 bits per heavy atom. The van der Waals surface area contributed by atoms with Gasteiger partial charge in [-0.2, -0.15) is 0 Å². The second-order valence-electron chi connectivity index (χ2n) is 9.86. The first-order valence-corrected chi connectivity index (χ1v) is 14.0. The summed E-state index contributed by atoms with van der Waals surface area (Å²) in [6, 6.07) is 0. The maximum Gasteiger partial charge on any atom is 0.309 e. The van der Waals surface area contributed by atoms with Crippen LogP contribution in [-0.4, -0.2) is 44.3 Å². The lowest BCUT2D eigenvalue weighted by atomic mass is 9.74. The molecule has 4 N–H and O–H groups in total. The molecule has 0 aliphatic carbocycles. The molecule has 0 radical (unpaired) electrons. The Bertz CT molecular complexity index is 556. The van der Waals surface area contributed by atoms with Crippen molar-refractivity contribution in [3.63, 3.8) is 0 Å². The number of carbonyl (C=O) groups is 4. The Labute approximate surface area is 217 Å². The summed E-state index contributed by atoms with van der Waals surface area (Å²) in [5, 5.41) is 35.1. The molecule has 0 bridgehead atoms. The smallest absolute Gasteiger partial charge is 0.309 e. The molecule has 0 aliphatic heterocycles. The van der Waals surface area contributed by atoms with Gasteiger partial charge in [-0.15, -0.1) is 0 Å². The van der Waals surface area contributed by atoms with Gasteiger partial charge in [0.05, 0.1) is 5.41 Å². The minimum absolute atomic E-state index is 0.0628. The molecule has 0 saturated carbocycles. The van der Waals surface area contributed by atoms with Crippen molar-refractivity contribution in [3.8, 4) is 0 Å². The molecule has 212 valence electrons. The van der Waals surface area contributed by atoms with Crippen LogP contribution in [0, 0.1) is 5.41 Å². The van der Waals surface area contributed by atoms with E-state index in [0.29, 0.717) is 38.5 Å². The van der Waals surface area contributed by atoms with Gasteiger partial charge in [-0.25, -0.2) is 0 Å². The van der Waals surface area contributed by atoms with Crippen molar-refractivity contribution in [3.05, 3.63) is 0 Å². The fourth-order valence-electron chi connectivity index (χ4n) is 4.31. The van der Waals surface area contributed by atoms with E-state index in [0.717, 1.165) is 25.7 Å². The third-order valence-electron chi connectivity index (χ3n) is 6.55. The fourth-order valence-corrected chi connectivity index (χ4v) is 4.31. The highest BCUT2D eigenvalue weighted by Gasteiger charge is 2.36. The van der Waals surface area contributed by atoms with Crippen LogP contribution in [0.15, 0.2) is 0 Å². The molecule has 0 unspecified atom stereocenters.